The van der Waals surface area contributed by atoms with Gasteiger partial charge in [-0.2, -0.15) is 0 Å². The number of alkyl halides is 1. The molecule has 4 unspecified atom stereocenters. The summed E-state index contributed by atoms with van der Waals surface area (Å²) in [5.41, 5.74) is 1.75. The Kier molecular flexibility index (Phi) is 5.93. The van der Waals surface area contributed by atoms with E-state index in [1.165, 1.54) is 37.6 Å². The number of benzene rings is 1. The maximum Gasteiger partial charge on any atom is 0.296 e. The Balaban J connectivity index is 1.69. The van der Waals surface area contributed by atoms with E-state index in [1.54, 1.807) is 12.1 Å². The molecule has 1 aromatic heterocycles. The minimum Gasteiger partial charge on any atom is -0.493 e. The topological polar surface area (TPSA) is 87.2 Å². The van der Waals surface area contributed by atoms with E-state index in [4.69, 9.17) is 30.5 Å². The molecule has 1 amide bonds. The van der Waals surface area contributed by atoms with Gasteiger partial charge in [0.15, 0.2) is 28.2 Å². The monoisotopic (exact) mass is 504 g/mol. The molecule has 1 aliphatic carbocycles. The number of methoxy groups -OCH3 is 3. The van der Waals surface area contributed by atoms with Crippen LogP contribution in [0.15, 0.2) is 28.8 Å². The number of carbonyl (C=O) groups excluding carboxylic acids is 2. The van der Waals surface area contributed by atoms with E-state index in [-0.39, 0.29) is 34.8 Å². The van der Waals surface area contributed by atoms with Crippen LogP contribution in [0.4, 0.5) is 5.13 Å². The van der Waals surface area contributed by atoms with E-state index in [0.29, 0.717) is 46.4 Å². The number of rotatable bonds is 5. The molecule has 0 spiro atoms. The second-order valence-electron chi connectivity index (χ2n) is 8.59. The minimum atomic E-state index is -0.745. The lowest BCUT2D eigenvalue weighted by Crippen LogP contribution is -2.41. The van der Waals surface area contributed by atoms with Gasteiger partial charge in [0.25, 0.3) is 5.91 Å². The van der Waals surface area contributed by atoms with Gasteiger partial charge in [0.2, 0.25) is 5.75 Å². The number of aromatic nitrogens is 1. The van der Waals surface area contributed by atoms with Crippen molar-refractivity contribution in [1.82, 2.24) is 4.98 Å². The van der Waals surface area contributed by atoms with E-state index >= 15 is 0 Å². The van der Waals surface area contributed by atoms with E-state index in [0.717, 1.165) is 12.1 Å². The number of halogens is 1. The van der Waals surface area contributed by atoms with E-state index in [9.17, 15) is 9.59 Å². The largest absolute Gasteiger partial charge is 0.493 e. The maximum atomic E-state index is 13.9. The average Bonchev–Trinajstić information content (AvgIpc) is 3.39. The van der Waals surface area contributed by atoms with Crippen molar-refractivity contribution in [1.29, 1.82) is 0 Å². The molecule has 0 radical (unpaired) electrons. The Morgan fingerprint density at radius 2 is 1.82 bits per heavy atom. The maximum absolute atomic E-state index is 13.9. The second-order valence-corrected chi connectivity index (χ2v) is 10.0. The molecule has 1 saturated carbocycles. The SMILES string of the molecule is COc1cc(C2C3=C(OC4CCC(Cl)CC4C3=O)C(=O)N2c2nc(C)cs2)cc(OC)c1OC. The molecule has 8 nitrogen and oxygen atoms in total. The van der Waals surface area contributed by atoms with Gasteiger partial charge in [-0.1, -0.05) is 0 Å². The molecule has 2 aromatic rings. The van der Waals surface area contributed by atoms with Crippen molar-refractivity contribution >= 4 is 39.8 Å². The van der Waals surface area contributed by atoms with E-state index in [1.807, 2.05) is 12.3 Å². The molecule has 0 bridgehead atoms. The first-order valence-corrected chi connectivity index (χ1v) is 12.3. The minimum absolute atomic E-state index is 0.0922. The van der Waals surface area contributed by atoms with Crippen LogP contribution in [-0.4, -0.2) is 49.5 Å². The highest BCUT2D eigenvalue weighted by molar-refractivity contribution is 7.14. The van der Waals surface area contributed by atoms with Gasteiger partial charge in [0, 0.05) is 10.8 Å². The highest BCUT2D eigenvalue weighted by Gasteiger charge is 2.54. The van der Waals surface area contributed by atoms with Gasteiger partial charge >= 0.3 is 0 Å². The van der Waals surface area contributed by atoms with Crippen LogP contribution in [0.1, 0.15) is 36.6 Å². The summed E-state index contributed by atoms with van der Waals surface area (Å²) >= 11 is 7.75. The van der Waals surface area contributed by atoms with Gasteiger partial charge in [0.1, 0.15) is 6.10 Å². The summed E-state index contributed by atoms with van der Waals surface area (Å²) < 4.78 is 22.8. The summed E-state index contributed by atoms with van der Waals surface area (Å²) in [7, 11) is 4.57. The van der Waals surface area contributed by atoms with Crippen LogP contribution < -0.4 is 19.1 Å². The molecule has 180 valence electrons. The molecule has 10 heteroatoms. The van der Waals surface area contributed by atoms with Crippen molar-refractivity contribution < 1.29 is 28.5 Å². The molecule has 34 heavy (non-hydrogen) atoms. The van der Waals surface area contributed by atoms with Gasteiger partial charge in [0.05, 0.1) is 44.6 Å². The molecule has 5 rings (SSSR count). The van der Waals surface area contributed by atoms with Crippen LogP contribution in [0.3, 0.4) is 0 Å². The fourth-order valence-electron chi connectivity index (χ4n) is 5.04. The van der Waals surface area contributed by atoms with Gasteiger partial charge in [-0.3, -0.25) is 14.5 Å². The van der Waals surface area contributed by atoms with Crippen molar-refractivity contribution in [2.24, 2.45) is 5.92 Å². The third-order valence-electron chi connectivity index (χ3n) is 6.60. The number of amides is 1. The van der Waals surface area contributed by atoms with Crippen molar-refractivity contribution in [3.63, 3.8) is 0 Å². The number of ketones is 1. The number of Topliss-reactive ketones (excluding diaryl/α,β-unsaturated/α-hetero) is 1. The predicted molar refractivity (Wildman–Crippen MR) is 127 cm³/mol. The molecule has 1 fully saturated rings. The number of nitrogens with zero attached hydrogens (tertiary/aromatic N) is 2. The van der Waals surface area contributed by atoms with Gasteiger partial charge in [-0.15, -0.1) is 22.9 Å². The lowest BCUT2D eigenvalue weighted by molar-refractivity contribution is -0.131. The van der Waals surface area contributed by atoms with E-state index in [2.05, 4.69) is 4.98 Å². The zero-order valence-corrected chi connectivity index (χ0v) is 20.9. The number of ether oxygens (including phenoxy) is 4. The number of aryl methyl sites for hydroxylation is 1. The smallest absolute Gasteiger partial charge is 0.296 e. The molecule has 0 N–H and O–H groups in total. The molecular weight excluding hydrogens is 480 g/mol. The number of hydrogen-bond donors (Lipinski definition) is 0. The molecule has 3 heterocycles. The molecule has 1 aromatic carbocycles. The van der Waals surface area contributed by atoms with Crippen molar-refractivity contribution in [3.8, 4) is 17.2 Å². The van der Waals surface area contributed by atoms with Gasteiger partial charge in [-0.05, 0) is 43.9 Å². The zero-order valence-electron chi connectivity index (χ0n) is 19.3. The van der Waals surface area contributed by atoms with Crippen LogP contribution in [0.25, 0.3) is 0 Å². The lowest BCUT2D eigenvalue weighted by Gasteiger charge is -2.37. The van der Waals surface area contributed by atoms with Crippen LogP contribution >= 0.6 is 22.9 Å². The number of fused-ring (bicyclic) bond motifs is 1. The van der Waals surface area contributed by atoms with Crippen LogP contribution in [0.2, 0.25) is 0 Å². The Morgan fingerprint density at radius 1 is 1.12 bits per heavy atom. The van der Waals surface area contributed by atoms with Gasteiger partial charge < -0.3 is 18.9 Å². The first kappa shape index (κ1) is 23.0. The Hall–Kier alpha value is -2.78. The molecule has 3 aliphatic rings. The quantitative estimate of drug-likeness (QED) is 0.564. The summed E-state index contributed by atoms with van der Waals surface area (Å²) in [5.74, 6) is 0.523. The van der Waals surface area contributed by atoms with E-state index < -0.39 is 6.04 Å². The zero-order chi connectivity index (χ0) is 24.1. The molecule has 0 saturated heterocycles. The number of carbonyl (C=O) groups is 2. The first-order valence-electron chi connectivity index (χ1n) is 11.0. The van der Waals surface area contributed by atoms with Crippen LogP contribution in [0, 0.1) is 12.8 Å². The fourth-order valence-corrected chi connectivity index (χ4v) is 6.18. The number of hydrogen-bond acceptors (Lipinski definition) is 8. The Labute approximate surface area is 206 Å². The number of thiazole rings is 1. The summed E-state index contributed by atoms with van der Waals surface area (Å²) in [6.45, 7) is 1.86. The van der Waals surface area contributed by atoms with Crippen molar-refractivity contribution in [3.05, 3.63) is 40.1 Å². The van der Waals surface area contributed by atoms with Crippen molar-refractivity contribution in [2.75, 3.05) is 26.2 Å². The Morgan fingerprint density at radius 3 is 2.41 bits per heavy atom. The summed E-state index contributed by atoms with van der Waals surface area (Å²) in [6, 6.07) is 2.77. The van der Waals surface area contributed by atoms with Crippen LogP contribution in [-0.2, 0) is 14.3 Å². The highest BCUT2D eigenvalue weighted by Crippen LogP contribution is 2.51. The highest BCUT2D eigenvalue weighted by atomic mass is 35.5. The second kappa shape index (κ2) is 8.78. The third kappa shape index (κ3) is 3.53. The lowest BCUT2D eigenvalue weighted by atomic mass is 9.77. The average molecular weight is 505 g/mol. The first-order chi connectivity index (χ1) is 16.4. The molecule has 2 aliphatic heterocycles. The molecule has 4 atom stereocenters. The van der Waals surface area contributed by atoms with Gasteiger partial charge in [-0.25, -0.2) is 4.98 Å². The summed E-state index contributed by atoms with van der Waals surface area (Å²) in [4.78, 5) is 33.6. The standard InChI is InChI=1S/C24H25ClN2O6S/c1-11-10-34-24(26-11)27-19(12-7-16(30-2)21(32-4)17(8-12)31-3)18-20(28)14-9-13(25)5-6-15(14)33-22(18)23(27)29/h7-8,10,13-15,19H,5-6,9H2,1-4H3. The van der Waals surface area contributed by atoms with Crippen LogP contribution in [0.5, 0.6) is 17.2 Å². The Bertz CT molecular complexity index is 1170. The van der Waals surface area contributed by atoms with Crippen molar-refractivity contribution in [2.45, 2.75) is 43.7 Å². The summed E-state index contributed by atoms with van der Waals surface area (Å²) in [5, 5.41) is 2.27. The third-order valence-corrected chi connectivity index (χ3v) is 7.95. The molecular formula is C24H25ClN2O6S. The fraction of sp³-hybridized carbons (Fsp3) is 0.458. The number of anilines is 1. The summed E-state index contributed by atoms with van der Waals surface area (Å²) in [6.07, 6.45) is 1.57. The normalized spacial score (nSPS) is 26.2. The predicted octanol–water partition coefficient (Wildman–Crippen LogP) is 4.19.